The molecule has 0 saturated carbocycles. The van der Waals surface area contributed by atoms with Crippen molar-refractivity contribution in [2.45, 2.75) is 13.8 Å². The fourth-order valence-corrected chi connectivity index (χ4v) is 6.89. The van der Waals surface area contributed by atoms with Crippen molar-refractivity contribution in [1.82, 2.24) is 9.97 Å². The Morgan fingerprint density at radius 1 is 0.464 bits per heavy atom. The van der Waals surface area contributed by atoms with Crippen molar-refractivity contribution in [3.63, 3.8) is 0 Å². The molecule has 0 aliphatic rings. The summed E-state index contributed by atoms with van der Waals surface area (Å²) in [6.07, 6.45) is 0. The quantitative estimate of drug-likeness (QED) is 0.153. The average molecular weight is 735 g/mol. The van der Waals surface area contributed by atoms with E-state index in [1.54, 1.807) is 14.2 Å². The molecule has 2 amide bonds. The van der Waals surface area contributed by atoms with Crippen LogP contribution in [0.15, 0.2) is 146 Å². The molecule has 6 aromatic carbocycles. The van der Waals surface area contributed by atoms with Crippen LogP contribution in [-0.2, 0) is 0 Å². The second-order valence-electron chi connectivity index (χ2n) is 13.6. The SMILES string of the molecule is COc1ccc(-c2cc(C(=O)Nc3ccc(-c4ccc(NC(=O)c5cc(-c6ccc(OC)cc6)nc6ccccc56)c(C)c4)cc3C)c3ccccc3n2)cc1. The number of carbonyl (C=O) groups excluding carboxylic acids is 2. The monoisotopic (exact) mass is 734 g/mol. The number of hydrogen-bond acceptors (Lipinski definition) is 6. The van der Waals surface area contributed by atoms with Crippen LogP contribution in [0.2, 0.25) is 0 Å². The smallest absolute Gasteiger partial charge is 0.256 e. The summed E-state index contributed by atoms with van der Waals surface area (Å²) in [4.78, 5) is 37.4. The molecule has 0 aliphatic carbocycles. The molecule has 2 aromatic heterocycles. The maximum Gasteiger partial charge on any atom is 0.256 e. The van der Waals surface area contributed by atoms with Gasteiger partial charge in [-0.25, -0.2) is 9.97 Å². The number of para-hydroxylation sites is 2. The average Bonchev–Trinajstić information content (AvgIpc) is 3.24. The maximum atomic E-state index is 13.9. The highest BCUT2D eigenvalue weighted by atomic mass is 16.5. The molecule has 0 spiro atoms. The largest absolute Gasteiger partial charge is 0.497 e. The predicted molar refractivity (Wildman–Crippen MR) is 225 cm³/mol. The van der Waals surface area contributed by atoms with Gasteiger partial charge in [0.1, 0.15) is 11.5 Å². The highest BCUT2D eigenvalue weighted by Gasteiger charge is 2.18. The van der Waals surface area contributed by atoms with Crippen LogP contribution in [-0.4, -0.2) is 36.0 Å². The first-order chi connectivity index (χ1) is 27.3. The summed E-state index contributed by atoms with van der Waals surface area (Å²) in [6.45, 7) is 3.96. The van der Waals surface area contributed by atoms with E-state index >= 15 is 0 Å². The summed E-state index contributed by atoms with van der Waals surface area (Å²) < 4.78 is 10.6. The lowest BCUT2D eigenvalue weighted by atomic mass is 9.99. The number of hydrogen-bond donors (Lipinski definition) is 2. The van der Waals surface area contributed by atoms with Crippen LogP contribution in [0, 0.1) is 13.8 Å². The number of ether oxygens (including phenoxy) is 2. The summed E-state index contributed by atoms with van der Waals surface area (Å²) in [5.74, 6) is 1.06. The highest BCUT2D eigenvalue weighted by molar-refractivity contribution is 6.14. The van der Waals surface area contributed by atoms with E-state index < -0.39 is 0 Å². The Labute approximate surface area is 324 Å². The Morgan fingerprint density at radius 3 is 1.21 bits per heavy atom. The lowest BCUT2D eigenvalue weighted by molar-refractivity contribution is 0.102. The van der Waals surface area contributed by atoms with E-state index in [4.69, 9.17) is 19.4 Å². The summed E-state index contributed by atoms with van der Waals surface area (Å²) in [5, 5.41) is 7.82. The molecule has 0 atom stereocenters. The zero-order valence-corrected chi connectivity index (χ0v) is 31.4. The first-order valence-corrected chi connectivity index (χ1v) is 18.2. The van der Waals surface area contributed by atoms with Gasteiger partial charge in [-0.2, -0.15) is 0 Å². The van der Waals surface area contributed by atoms with Crippen molar-refractivity contribution in [3.05, 3.63) is 168 Å². The van der Waals surface area contributed by atoms with Crippen LogP contribution >= 0.6 is 0 Å². The van der Waals surface area contributed by atoms with Gasteiger partial charge in [-0.3, -0.25) is 9.59 Å². The number of nitrogens with zero attached hydrogens (tertiary/aromatic N) is 2. The summed E-state index contributed by atoms with van der Waals surface area (Å²) in [7, 11) is 3.26. The summed E-state index contributed by atoms with van der Waals surface area (Å²) in [6, 6.07) is 46.2. The fraction of sp³-hybridized carbons (Fsp3) is 0.0833. The zero-order chi connectivity index (χ0) is 38.8. The Bertz CT molecular complexity index is 2590. The standard InChI is InChI=1S/C48H38N4O4/c1-29-25-33(17-23-41(29)51-47(53)39-27-45(31-13-19-35(55-3)20-14-31)49-43-11-7-5-9-37(39)43)34-18-24-42(30(2)26-34)52-48(54)40-28-46(32-15-21-36(56-4)22-16-32)50-44-12-8-6-10-38(40)44/h5-28H,1-4H3,(H,51,53)(H,52,54). The van der Waals surface area contributed by atoms with Crippen molar-refractivity contribution in [1.29, 1.82) is 0 Å². The van der Waals surface area contributed by atoms with Crippen LogP contribution in [0.4, 0.5) is 11.4 Å². The molecule has 56 heavy (non-hydrogen) atoms. The van der Waals surface area contributed by atoms with Crippen molar-refractivity contribution in [3.8, 4) is 45.1 Å². The number of nitrogens with one attached hydrogen (secondary N) is 2. The summed E-state index contributed by atoms with van der Waals surface area (Å²) in [5.41, 5.74) is 10.9. The van der Waals surface area contributed by atoms with Gasteiger partial charge in [-0.15, -0.1) is 0 Å². The lowest BCUT2D eigenvalue weighted by Gasteiger charge is -2.15. The molecule has 0 radical (unpaired) electrons. The number of anilines is 2. The molecule has 8 nitrogen and oxygen atoms in total. The highest BCUT2D eigenvalue weighted by Crippen LogP contribution is 2.32. The van der Waals surface area contributed by atoms with E-state index in [1.165, 1.54) is 0 Å². The van der Waals surface area contributed by atoms with Gasteiger partial charge in [0.05, 0.1) is 47.8 Å². The molecular weight excluding hydrogens is 697 g/mol. The fourth-order valence-electron chi connectivity index (χ4n) is 6.89. The van der Waals surface area contributed by atoms with E-state index in [1.807, 2.05) is 147 Å². The van der Waals surface area contributed by atoms with E-state index in [0.717, 1.165) is 66.7 Å². The molecule has 8 aromatic rings. The molecule has 0 aliphatic heterocycles. The van der Waals surface area contributed by atoms with E-state index in [9.17, 15) is 9.59 Å². The Balaban J connectivity index is 1.02. The molecule has 8 heteroatoms. The number of rotatable bonds is 9. The number of benzene rings is 6. The molecule has 274 valence electrons. The number of aromatic nitrogens is 2. The van der Waals surface area contributed by atoms with Gasteiger partial charge >= 0.3 is 0 Å². The van der Waals surface area contributed by atoms with Crippen LogP contribution in [0.25, 0.3) is 55.4 Å². The third-order valence-electron chi connectivity index (χ3n) is 9.98. The van der Waals surface area contributed by atoms with Gasteiger partial charge in [0.2, 0.25) is 0 Å². The predicted octanol–water partition coefficient (Wildman–Crippen LogP) is 10.9. The third kappa shape index (κ3) is 7.15. The van der Waals surface area contributed by atoms with Crippen molar-refractivity contribution < 1.29 is 19.1 Å². The Hall–Kier alpha value is -7.32. The molecule has 0 saturated heterocycles. The Morgan fingerprint density at radius 2 is 0.839 bits per heavy atom. The number of pyridine rings is 2. The van der Waals surface area contributed by atoms with Crippen molar-refractivity contribution >= 4 is 45.0 Å². The second-order valence-corrected chi connectivity index (χ2v) is 13.6. The number of methoxy groups -OCH3 is 2. The van der Waals surface area contributed by atoms with Gasteiger partial charge in [0, 0.05) is 33.3 Å². The number of aryl methyl sites for hydroxylation is 2. The number of amides is 2. The topological polar surface area (TPSA) is 102 Å². The van der Waals surface area contributed by atoms with E-state index in [2.05, 4.69) is 22.8 Å². The van der Waals surface area contributed by atoms with Crippen LogP contribution in [0.1, 0.15) is 31.8 Å². The molecule has 0 fully saturated rings. The first-order valence-electron chi connectivity index (χ1n) is 18.2. The minimum atomic E-state index is -0.219. The summed E-state index contributed by atoms with van der Waals surface area (Å²) >= 11 is 0. The van der Waals surface area contributed by atoms with Gasteiger partial charge in [-0.05, 0) is 133 Å². The zero-order valence-electron chi connectivity index (χ0n) is 31.4. The van der Waals surface area contributed by atoms with Gasteiger partial charge in [0.15, 0.2) is 0 Å². The molecule has 0 unspecified atom stereocenters. The maximum absolute atomic E-state index is 13.9. The van der Waals surface area contributed by atoms with Gasteiger partial charge < -0.3 is 20.1 Å². The van der Waals surface area contributed by atoms with E-state index in [0.29, 0.717) is 33.9 Å². The molecular formula is C48H38N4O4. The number of fused-ring (bicyclic) bond motifs is 2. The van der Waals surface area contributed by atoms with E-state index in [-0.39, 0.29) is 11.8 Å². The molecule has 2 heterocycles. The number of carbonyl (C=O) groups is 2. The molecule has 8 rings (SSSR count). The van der Waals surface area contributed by atoms with Gasteiger partial charge in [-0.1, -0.05) is 48.5 Å². The van der Waals surface area contributed by atoms with Crippen molar-refractivity contribution in [2.24, 2.45) is 0 Å². The molecule has 0 bridgehead atoms. The minimum absolute atomic E-state index is 0.219. The van der Waals surface area contributed by atoms with Crippen LogP contribution in [0.5, 0.6) is 11.5 Å². The second kappa shape index (κ2) is 15.2. The minimum Gasteiger partial charge on any atom is -0.497 e. The first kappa shape index (κ1) is 35.7. The van der Waals surface area contributed by atoms with Crippen LogP contribution < -0.4 is 20.1 Å². The lowest BCUT2D eigenvalue weighted by Crippen LogP contribution is -2.14. The van der Waals surface area contributed by atoms with Crippen molar-refractivity contribution in [2.75, 3.05) is 24.9 Å². The normalized spacial score (nSPS) is 11.0. The Kier molecular flexibility index (Phi) is 9.69. The molecule has 2 N–H and O–H groups in total. The van der Waals surface area contributed by atoms with Crippen LogP contribution in [0.3, 0.4) is 0 Å². The third-order valence-corrected chi connectivity index (χ3v) is 9.98. The van der Waals surface area contributed by atoms with Gasteiger partial charge in [0.25, 0.3) is 11.8 Å².